The van der Waals surface area contributed by atoms with E-state index in [4.69, 9.17) is 38.8 Å². The normalized spacial score (nSPS) is 24.1. The van der Waals surface area contributed by atoms with Crippen LogP contribution in [-0.2, 0) is 54.4 Å². The lowest BCUT2D eigenvalue weighted by Crippen LogP contribution is -2.46. The number of nitrogens with zero attached hydrogens (tertiary/aromatic N) is 4. The Labute approximate surface area is 621 Å². The van der Waals surface area contributed by atoms with Gasteiger partial charge in [0.05, 0.1) is 41.6 Å². The number of carbonyl (C=O) groups excluding carboxylic acids is 9. The Kier molecular flexibility index (Phi) is 26.6. The number of ether oxygens (including phenoxy) is 5. The smallest absolute Gasteiger partial charge is 0.312 e. The summed E-state index contributed by atoms with van der Waals surface area (Å²) in [5.41, 5.74) is 5.50. The highest BCUT2D eigenvalue weighted by atomic mass is 16.7. The van der Waals surface area contributed by atoms with Crippen LogP contribution in [0.15, 0.2) is 93.9 Å². The summed E-state index contributed by atoms with van der Waals surface area (Å²) in [5, 5.41) is 46.6. The number of benzene rings is 4. The van der Waals surface area contributed by atoms with E-state index in [0.717, 1.165) is 17.7 Å². The highest BCUT2D eigenvalue weighted by molar-refractivity contribution is 6.26. The minimum Gasteiger partial charge on any atom is -0.505 e. The van der Waals surface area contributed by atoms with Crippen molar-refractivity contribution in [3.63, 3.8) is 0 Å². The second-order valence-electron chi connectivity index (χ2n) is 29.2. The molecule has 0 radical (unpaired) electrons. The fraction of sp³-hybridized carbons (Fsp3) is 0.506. The zero-order valence-corrected chi connectivity index (χ0v) is 63.1. The van der Waals surface area contributed by atoms with Crippen molar-refractivity contribution in [2.45, 2.75) is 176 Å². The van der Waals surface area contributed by atoms with Gasteiger partial charge in [-0.05, 0) is 96.2 Å². The summed E-state index contributed by atoms with van der Waals surface area (Å²) in [4.78, 5) is 145. The fourth-order valence-electron chi connectivity index (χ4n) is 14.4. The maximum atomic E-state index is 15.4. The molecule has 1 aromatic heterocycles. The predicted molar refractivity (Wildman–Crippen MR) is 401 cm³/mol. The number of carbonyl (C=O) groups is 9. The number of hydrogen-bond donors (Lipinski definition) is 8. The first kappa shape index (κ1) is 81.1. The molecule has 107 heavy (non-hydrogen) atoms. The summed E-state index contributed by atoms with van der Waals surface area (Å²) in [6, 6.07) is 8.98. The van der Waals surface area contributed by atoms with Crippen LogP contribution in [0.1, 0.15) is 142 Å². The number of nitrogens with two attached hydrogens (primary N) is 1. The predicted octanol–water partition coefficient (Wildman–Crippen LogP) is 8.70. The fourth-order valence-corrected chi connectivity index (χ4v) is 14.4. The van der Waals surface area contributed by atoms with E-state index in [9.17, 15) is 53.7 Å². The molecule has 0 aliphatic carbocycles. The Morgan fingerprint density at radius 2 is 1.57 bits per heavy atom. The Morgan fingerprint density at radius 3 is 2.21 bits per heavy atom. The number of phenolic OH excluding ortho intramolecular Hbond substituents is 1. The average Bonchev–Trinajstić information content (AvgIpc) is 1.65. The molecule has 0 unspecified atom stereocenters. The maximum Gasteiger partial charge on any atom is 0.312 e. The number of rotatable bonds is 24. The SMILES string of the molecule is CO[C@H]1/C=C/O[C@@]2(C)Oc3c(C)c(=O)c4c(O)c(c5oc6cc(N7CCC(N(C)C)CC7)cc(OCc7ccc(NC(=O)[C@H](CCCNC(N)=O)CC(=O)[C@@H](NC(=O)CCCCCN8C(=O)C=CC8=O)C(C)C)cc7)c6nc5c4c3C2=O)NC(=O)/C(C)=C\C=C\[C@H](C)[C@H](O)[C@@H](C)[C@@H](O)[C@@H](C)[C@H](OC(C)=O)[C@@H]1C. The maximum absolute atomic E-state index is 15.4. The van der Waals surface area contributed by atoms with Crippen molar-refractivity contribution in [3.05, 3.63) is 112 Å². The zero-order valence-electron chi connectivity index (χ0n) is 63.1. The number of aromatic hydroxyl groups is 1. The Balaban J connectivity index is 1.07. The summed E-state index contributed by atoms with van der Waals surface area (Å²) in [7, 11) is 5.49. The summed E-state index contributed by atoms with van der Waals surface area (Å²) in [6.45, 7) is 17.5. The number of Topliss-reactive ketones (excluding diaryl/α,β-unsaturated/α-hetero) is 2. The largest absolute Gasteiger partial charge is 0.505 e. The average molecular weight is 1480 g/mol. The minimum atomic E-state index is -2.19. The molecule has 7 amide bonds. The Morgan fingerprint density at radius 1 is 0.879 bits per heavy atom. The van der Waals surface area contributed by atoms with Crippen LogP contribution in [0.25, 0.3) is 33.0 Å². The summed E-state index contributed by atoms with van der Waals surface area (Å²) in [5.74, 6) is -11.1. The van der Waals surface area contributed by atoms with Gasteiger partial charge >= 0.3 is 17.8 Å². The molecule has 0 spiro atoms. The number of anilines is 3. The van der Waals surface area contributed by atoms with Crippen LogP contribution >= 0.6 is 0 Å². The Hall–Kier alpha value is -10.0. The van der Waals surface area contributed by atoms with Crippen molar-refractivity contribution in [1.29, 1.82) is 0 Å². The van der Waals surface area contributed by atoms with Crippen LogP contribution in [0.2, 0.25) is 0 Å². The molecule has 4 bridgehead atoms. The van der Waals surface area contributed by atoms with E-state index in [-0.39, 0.29) is 130 Å². The number of methoxy groups -OCH3 is 1. The molecule has 9 rings (SSSR count). The molecule has 5 heterocycles. The van der Waals surface area contributed by atoms with E-state index >= 15 is 9.59 Å². The van der Waals surface area contributed by atoms with Crippen LogP contribution in [0.5, 0.6) is 17.2 Å². The number of phenols is 1. The molecule has 11 atom stereocenters. The number of nitrogens with one attached hydrogen (secondary N) is 4. The number of esters is 1. The van der Waals surface area contributed by atoms with Gasteiger partial charge in [0.1, 0.15) is 35.2 Å². The molecule has 28 nitrogen and oxygen atoms in total. The number of unbranched alkanes of at least 4 members (excludes halogenated alkanes) is 2. The van der Waals surface area contributed by atoms with Gasteiger partial charge in [-0.1, -0.05) is 78.3 Å². The molecule has 4 aliphatic rings. The summed E-state index contributed by atoms with van der Waals surface area (Å²) >= 11 is 0. The quantitative estimate of drug-likeness (QED) is 0.00714. The third kappa shape index (κ3) is 18.7. The van der Waals surface area contributed by atoms with Gasteiger partial charge in [-0.15, -0.1) is 0 Å². The van der Waals surface area contributed by atoms with Gasteiger partial charge in [-0.2, -0.15) is 0 Å². The zero-order chi connectivity index (χ0) is 78.0. The van der Waals surface area contributed by atoms with Crippen LogP contribution in [0, 0.1) is 42.4 Å². The van der Waals surface area contributed by atoms with Crippen molar-refractivity contribution in [2.24, 2.45) is 41.2 Å². The number of hydrogen-bond acceptors (Lipinski definition) is 22. The molecule has 4 aliphatic heterocycles. The van der Waals surface area contributed by atoms with Gasteiger partial charge in [0, 0.05) is 148 Å². The van der Waals surface area contributed by atoms with Crippen molar-refractivity contribution < 1.29 is 86.6 Å². The van der Waals surface area contributed by atoms with Crippen LogP contribution in [0.4, 0.5) is 21.9 Å². The van der Waals surface area contributed by atoms with Crippen LogP contribution in [0.3, 0.4) is 0 Å². The van der Waals surface area contributed by atoms with Gasteiger partial charge in [0.15, 0.2) is 33.9 Å². The number of urea groups is 1. The number of allylic oxidation sites excluding steroid dienone is 2. The van der Waals surface area contributed by atoms with Crippen LogP contribution < -0.4 is 46.8 Å². The molecule has 5 aromatic rings. The highest BCUT2D eigenvalue weighted by Crippen LogP contribution is 2.49. The lowest BCUT2D eigenvalue weighted by atomic mass is 9.78. The van der Waals surface area contributed by atoms with Crippen molar-refractivity contribution in [3.8, 4) is 17.2 Å². The molecule has 1 fully saturated rings. The standard InChI is InChI=1S/C79H101N9O19/c1-41(2)64(83-58(91)22-15-14-16-33-88-59(92)27-28-60(88)93)54(90)37-50(21-18-32-81-78(80)101)77(100)82-51-25-23-49(24-26-51)40-103-56-38-53(87-34-29-52(30-35-87)86(11)12)39-57-65(56)84-66-61-62-70(96)47(8)73-63(61)75(98)79(10,107-73)104-36-31-55(102-13)44(5)72(105-48(9)89)46(7)69(95)45(6)68(94)42(3)19-17-20-43(4)76(99)85-67(71(62)97)74(66)106-57/h17,19-20,23-28,31,36,38-39,41-42,44-46,50,52,55,64,68-69,72,94-95,97H,14-16,18,21-22,29-30,32-35,37,40H2,1-13H3,(H,82,100)(H,83,91)(H,85,99)(H3,80,81,101)/b19-17+,36-31+,43-20-/t42-,44+,45+,46+,50+,55-,64-,68-,69+,72+,79-/m0/s1. The van der Waals surface area contributed by atoms with Gasteiger partial charge < -0.3 is 80.2 Å². The minimum absolute atomic E-state index is 0.0902. The van der Waals surface area contributed by atoms with E-state index in [1.54, 1.807) is 84.0 Å². The molecule has 1 saturated heterocycles. The van der Waals surface area contributed by atoms with E-state index in [0.29, 0.717) is 61.8 Å². The van der Waals surface area contributed by atoms with E-state index in [1.807, 2.05) is 20.2 Å². The van der Waals surface area contributed by atoms with Crippen LogP contribution in [-0.4, -0.2) is 173 Å². The van der Waals surface area contributed by atoms with Gasteiger partial charge in [-0.25, -0.2) is 9.78 Å². The second kappa shape index (κ2) is 35.1. The number of amides is 7. The number of aromatic nitrogens is 1. The molecule has 28 heteroatoms. The van der Waals surface area contributed by atoms with E-state index in [1.165, 1.54) is 65.4 Å². The third-order valence-electron chi connectivity index (χ3n) is 20.9. The monoisotopic (exact) mass is 1480 g/mol. The topological polar surface area (TPSA) is 387 Å². The molecule has 0 saturated carbocycles. The first-order valence-corrected chi connectivity index (χ1v) is 36.5. The second-order valence-corrected chi connectivity index (χ2v) is 29.2. The number of primary amides is 1. The molecule has 9 N–H and O–H groups in total. The van der Waals surface area contributed by atoms with E-state index in [2.05, 4.69) is 31.1 Å². The number of piperidine rings is 1. The lowest BCUT2D eigenvalue weighted by Gasteiger charge is -2.38. The van der Waals surface area contributed by atoms with Gasteiger partial charge in [0.25, 0.3) is 23.5 Å². The van der Waals surface area contributed by atoms with E-state index < -0.39 is 112 Å². The molecular formula is C79H101N9O19. The highest BCUT2D eigenvalue weighted by Gasteiger charge is 2.50. The molecule has 576 valence electrons. The molecular weight excluding hydrogens is 1380 g/mol. The number of aliphatic hydroxyl groups excluding tert-OH is 2. The number of fused-ring (bicyclic) bond motifs is 2. The first-order valence-electron chi connectivity index (χ1n) is 36.5. The van der Waals surface area contributed by atoms with Crippen molar-refractivity contribution in [2.75, 3.05) is 62.9 Å². The van der Waals surface area contributed by atoms with Crippen molar-refractivity contribution >= 4 is 103 Å². The number of imide groups is 1. The Bertz CT molecular complexity index is 4390. The van der Waals surface area contributed by atoms with Gasteiger partial charge in [-0.3, -0.25) is 48.1 Å². The van der Waals surface area contributed by atoms with Gasteiger partial charge in [0.2, 0.25) is 11.8 Å². The first-order chi connectivity index (χ1) is 50.7. The molecule has 4 aromatic carbocycles. The summed E-state index contributed by atoms with van der Waals surface area (Å²) < 4.78 is 38.0. The number of aliphatic hydroxyl groups is 2. The third-order valence-corrected chi connectivity index (χ3v) is 20.9. The summed E-state index contributed by atoms with van der Waals surface area (Å²) in [6.07, 6.45) is 9.08. The number of ketones is 2. The lowest BCUT2D eigenvalue weighted by molar-refractivity contribution is -0.160. The van der Waals surface area contributed by atoms with Crippen molar-refractivity contribution in [1.82, 2.24) is 25.4 Å².